The molecule has 0 aliphatic carbocycles. The number of aromatic nitrogens is 5. The summed E-state index contributed by atoms with van der Waals surface area (Å²) in [7, 11) is 3.25. The highest BCUT2D eigenvalue weighted by Gasteiger charge is 2.26. The van der Waals surface area contributed by atoms with Crippen molar-refractivity contribution in [3.05, 3.63) is 100.0 Å². The fourth-order valence-electron chi connectivity index (χ4n) is 4.65. The number of benzene rings is 2. The van der Waals surface area contributed by atoms with E-state index in [0.29, 0.717) is 36.8 Å². The Balaban J connectivity index is 1.51. The van der Waals surface area contributed by atoms with Crippen LogP contribution < -0.4 is 15.0 Å². The zero-order valence-electron chi connectivity index (χ0n) is 21.6. The summed E-state index contributed by atoms with van der Waals surface area (Å²) >= 11 is 0. The van der Waals surface area contributed by atoms with Gasteiger partial charge in [-0.1, -0.05) is 19.1 Å². The first kappa shape index (κ1) is 25.2. The van der Waals surface area contributed by atoms with Crippen molar-refractivity contribution in [1.82, 2.24) is 30.1 Å². The number of hydrogen-bond donors (Lipinski definition) is 1. The molecule has 5 aromatic rings. The topological polar surface area (TPSA) is 111 Å². The van der Waals surface area contributed by atoms with Gasteiger partial charge in [-0.2, -0.15) is 0 Å². The molecule has 0 bridgehead atoms. The van der Waals surface area contributed by atoms with Gasteiger partial charge in [0.2, 0.25) is 0 Å². The van der Waals surface area contributed by atoms with Crippen LogP contribution in [0, 0.1) is 0 Å². The Hall–Kier alpha value is -4.44. The van der Waals surface area contributed by atoms with Crippen LogP contribution in [-0.2, 0) is 19.6 Å². The van der Waals surface area contributed by atoms with Gasteiger partial charge < -0.3 is 18.9 Å². The van der Waals surface area contributed by atoms with Gasteiger partial charge in [0.25, 0.3) is 5.56 Å². The highest BCUT2D eigenvalue weighted by molar-refractivity contribution is 5.80. The Bertz CT molecular complexity index is 1540. The number of nitrogens with one attached hydrogen (secondary N) is 1. The van der Waals surface area contributed by atoms with Crippen molar-refractivity contribution < 1.29 is 13.9 Å². The molecule has 1 unspecified atom stereocenters. The summed E-state index contributed by atoms with van der Waals surface area (Å²) in [5.41, 5.74) is 2.32. The van der Waals surface area contributed by atoms with Crippen molar-refractivity contribution in [2.75, 3.05) is 14.2 Å². The van der Waals surface area contributed by atoms with Crippen LogP contribution in [0.1, 0.15) is 42.1 Å². The second-order valence-corrected chi connectivity index (χ2v) is 9.03. The highest BCUT2D eigenvalue weighted by Crippen LogP contribution is 2.28. The van der Waals surface area contributed by atoms with Crippen molar-refractivity contribution >= 4 is 10.9 Å². The van der Waals surface area contributed by atoms with Crippen molar-refractivity contribution in [3.63, 3.8) is 0 Å². The number of aromatic amines is 1. The molecule has 10 heteroatoms. The summed E-state index contributed by atoms with van der Waals surface area (Å²) in [6.45, 7) is 3.49. The van der Waals surface area contributed by atoms with E-state index in [1.807, 2.05) is 60.7 Å². The molecule has 0 saturated heterocycles. The maximum absolute atomic E-state index is 13.2. The van der Waals surface area contributed by atoms with Gasteiger partial charge in [0.05, 0.1) is 32.0 Å². The number of H-pyrrole nitrogens is 1. The number of furan rings is 1. The van der Waals surface area contributed by atoms with E-state index in [1.165, 1.54) is 0 Å². The zero-order chi connectivity index (χ0) is 26.5. The molecular weight excluding hydrogens is 484 g/mol. The van der Waals surface area contributed by atoms with Gasteiger partial charge in [-0.3, -0.25) is 9.69 Å². The summed E-state index contributed by atoms with van der Waals surface area (Å²) in [6, 6.07) is 19.1. The van der Waals surface area contributed by atoms with Gasteiger partial charge in [-0.25, -0.2) is 4.68 Å². The van der Waals surface area contributed by atoms with E-state index in [0.717, 1.165) is 34.4 Å². The third-order valence-corrected chi connectivity index (χ3v) is 6.62. The maximum Gasteiger partial charge on any atom is 0.252 e. The van der Waals surface area contributed by atoms with Crippen LogP contribution in [-0.4, -0.2) is 44.3 Å². The lowest BCUT2D eigenvalue weighted by atomic mass is 10.1. The van der Waals surface area contributed by atoms with Gasteiger partial charge >= 0.3 is 0 Å². The molecular formula is C28H30N6O4. The highest BCUT2D eigenvalue weighted by atomic mass is 16.5. The molecule has 1 atom stereocenters. The van der Waals surface area contributed by atoms with E-state index in [4.69, 9.17) is 13.9 Å². The molecule has 0 radical (unpaired) electrons. The van der Waals surface area contributed by atoms with E-state index in [9.17, 15) is 4.79 Å². The quantitative estimate of drug-likeness (QED) is 0.277. The van der Waals surface area contributed by atoms with Crippen LogP contribution in [0.2, 0.25) is 0 Å². The van der Waals surface area contributed by atoms with Crippen LogP contribution in [0.15, 0.2) is 76.1 Å². The summed E-state index contributed by atoms with van der Waals surface area (Å²) in [5.74, 6) is 2.95. The molecule has 38 heavy (non-hydrogen) atoms. The molecule has 2 aromatic carbocycles. The van der Waals surface area contributed by atoms with Gasteiger partial charge in [0.1, 0.15) is 23.8 Å². The third kappa shape index (κ3) is 5.45. The molecule has 5 rings (SSSR count). The lowest BCUT2D eigenvalue weighted by Gasteiger charge is -2.30. The van der Waals surface area contributed by atoms with Crippen molar-refractivity contribution in [2.45, 2.75) is 39.0 Å². The fourth-order valence-corrected chi connectivity index (χ4v) is 4.65. The molecule has 0 amide bonds. The Labute approximate surface area is 219 Å². The van der Waals surface area contributed by atoms with Crippen LogP contribution in [0.25, 0.3) is 10.9 Å². The van der Waals surface area contributed by atoms with Gasteiger partial charge in [-0.15, -0.1) is 5.10 Å². The van der Waals surface area contributed by atoms with Crippen LogP contribution in [0.5, 0.6) is 11.5 Å². The maximum atomic E-state index is 13.2. The van der Waals surface area contributed by atoms with Gasteiger partial charge in [0.15, 0.2) is 5.82 Å². The predicted octanol–water partition coefficient (Wildman–Crippen LogP) is 4.33. The third-order valence-electron chi connectivity index (χ3n) is 6.62. The molecule has 1 N–H and O–H groups in total. The van der Waals surface area contributed by atoms with E-state index in [2.05, 4.69) is 32.3 Å². The van der Waals surface area contributed by atoms with E-state index in [1.54, 1.807) is 25.2 Å². The average Bonchev–Trinajstić information content (AvgIpc) is 3.62. The Morgan fingerprint density at radius 3 is 2.53 bits per heavy atom. The minimum Gasteiger partial charge on any atom is -0.497 e. The molecule has 0 spiro atoms. The molecule has 196 valence electrons. The predicted molar refractivity (Wildman–Crippen MR) is 142 cm³/mol. The number of nitrogens with zero attached hydrogens (tertiary/aromatic N) is 5. The molecule has 0 aliphatic heterocycles. The molecule has 0 aliphatic rings. The Morgan fingerprint density at radius 1 is 1.03 bits per heavy atom. The second kappa shape index (κ2) is 11.3. The van der Waals surface area contributed by atoms with Crippen molar-refractivity contribution in [2.24, 2.45) is 0 Å². The van der Waals surface area contributed by atoms with Crippen molar-refractivity contribution in [1.29, 1.82) is 0 Å². The lowest BCUT2D eigenvalue weighted by molar-refractivity contribution is 0.161. The number of pyridine rings is 1. The average molecular weight is 515 g/mol. The number of tetrazole rings is 1. The molecule has 0 fully saturated rings. The Kier molecular flexibility index (Phi) is 7.50. The standard InChI is InChI=1S/C28H30N6O4/c1-4-26(27-30-31-32-34(27)18-24-6-5-13-38-24)33(16-19-7-10-22(36-2)11-8-19)17-21-14-20-9-12-23(37-3)15-25(20)29-28(21)35/h5-15,26H,4,16-18H2,1-3H3,(H,29,35). The minimum absolute atomic E-state index is 0.143. The second-order valence-electron chi connectivity index (χ2n) is 9.03. The normalized spacial score (nSPS) is 12.2. The van der Waals surface area contributed by atoms with Crippen LogP contribution in [0.3, 0.4) is 0 Å². The summed E-state index contributed by atoms with van der Waals surface area (Å²) < 4.78 is 17.9. The fraction of sp³-hybridized carbons (Fsp3) is 0.286. The van der Waals surface area contributed by atoms with E-state index in [-0.39, 0.29) is 11.6 Å². The molecule has 3 heterocycles. The molecule has 3 aromatic heterocycles. The van der Waals surface area contributed by atoms with Crippen LogP contribution in [0.4, 0.5) is 0 Å². The summed E-state index contributed by atoms with van der Waals surface area (Å²) in [5, 5.41) is 13.5. The summed E-state index contributed by atoms with van der Waals surface area (Å²) in [4.78, 5) is 18.4. The Morgan fingerprint density at radius 2 is 1.82 bits per heavy atom. The van der Waals surface area contributed by atoms with Crippen LogP contribution >= 0.6 is 0 Å². The van der Waals surface area contributed by atoms with E-state index < -0.39 is 0 Å². The van der Waals surface area contributed by atoms with E-state index >= 15 is 0 Å². The zero-order valence-corrected chi connectivity index (χ0v) is 21.6. The van der Waals surface area contributed by atoms with Crippen molar-refractivity contribution in [3.8, 4) is 11.5 Å². The first-order valence-electron chi connectivity index (χ1n) is 12.4. The first-order valence-corrected chi connectivity index (χ1v) is 12.4. The number of hydrogen-bond acceptors (Lipinski definition) is 8. The number of fused-ring (bicyclic) bond motifs is 1. The van der Waals surface area contributed by atoms with Gasteiger partial charge in [0, 0.05) is 24.7 Å². The lowest BCUT2D eigenvalue weighted by Crippen LogP contribution is -2.32. The summed E-state index contributed by atoms with van der Waals surface area (Å²) in [6.07, 6.45) is 2.37. The smallest absolute Gasteiger partial charge is 0.252 e. The minimum atomic E-state index is -0.159. The SMILES string of the molecule is CCC(c1nnnn1Cc1ccco1)N(Cc1ccc(OC)cc1)Cc1cc2ccc(OC)cc2[nH]c1=O. The van der Waals surface area contributed by atoms with Gasteiger partial charge in [-0.05, 0) is 70.3 Å². The number of ether oxygens (including phenoxy) is 2. The largest absolute Gasteiger partial charge is 0.497 e. The number of rotatable bonds is 11. The molecule has 10 nitrogen and oxygen atoms in total. The first-order chi connectivity index (χ1) is 18.6. The monoisotopic (exact) mass is 514 g/mol. The molecule has 0 saturated carbocycles. The number of methoxy groups -OCH3 is 2.